The molecule has 2 unspecified atom stereocenters. The first-order valence-corrected chi connectivity index (χ1v) is 7.64. The second-order valence-corrected chi connectivity index (χ2v) is 7.21. The monoisotopic (exact) mass is 303 g/mol. The molecule has 5 heteroatoms. The molecule has 2 atom stereocenters. The van der Waals surface area contributed by atoms with Crippen molar-refractivity contribution in [2.45, 2.75) is 55.8 Å². The van der Waals surface area contributed by atoms with Crippen LogP contribution in [0.3, 0.4) is 0 Å². The zero-order valence-electron chi connectivity index (χ0n) is 12.4. The fraction of sp³-hybridized carbons (Fsp3) is 0.600. The molecule has 0 aliphatic rings. The van der Waals surface area contributed by atoms with E-state index in [1.165, 1.54) is 23.9 Å². The molecule has 2 nitrogen and oxygen atoms in total. The predicted octanol–water partition coefficient (Wildman–Crippen LogP) is 3.58. The Balaban J connectivity index is 2.68. The molecule has 0 bridgehead atoms. The van der Waals surface area contributed by atoms with Crippen molar-refractivity contribution in [3.8, 4) is 0 Å². The molecule has 0 aromatic heterocycles. The van der Waals surface area contributed by atoms with Gasteiger partial charge in [0.1, 0.15) is 11.6 Å². The van der Waals surface area contributed by atoms with Gasteiger partial charge in [0, 0.05) is 27.8 Å². The average Bonchev–Trinajstić information content (AvgIpc) is 2.31. The molecule has 0 amide bonds. The Hall–Kier alpha value is -0.650. The van der Waals surface area contributed by atoms with E-state index < -0.39 is 17.2 Å². The maximum Gasteiger partial charge on any atom is 0.139 e. The van der Waals surface area contributed by atoms with Crippen LogP contribution >= 0.6 is 11.8 Å². The van der Waals surface area contributed by atoms with Crippen molar-refractivity contribution in [1.29, 1.82) is 0 Å². The van der Waals surface area contributed by atoms with E-state index in [1.807, 2.05) is 27.7 Å². The second-order valence-electron chi connectivity index (χ2n) is 5.73. The molecule has 0 saturated heterocycles. The topological polar surface area (TPSA) is 32.3 Å². The molecule has 1 aromatic carbocycles. The van der Waals surface area contributed by atoms with Crippen molar-refractivity contribution in [1.82, 2.24) is 5.32 Å². The maximum atomic E-state index is 13.6. The first-order valence-electron chi connectivity index (χ1n) is 6.76. The Kier molecular flexibility index (Phi) is 6.43. The molecular weight excluding hydrogens is 280 g/mol. The molecule has 0 fully saturated rings. The molecule has 1 aromatic rings. The van der Waals surface area contributed by atoms with Gasteiger partial charge in [-0.3, -0.25) is 0 Å². The van der Waals surface area contributed by atoms with Crippen LogP contribution in [0.25, 0.3) is 0 Å². The minimum Gasteiger partial charge on any atom is -0.394 e. The molecule has 0 heterocycles. The van der Waals surface area contributed by atoms with Crippen LogP contribution in [-0.4, -0.2) is 28.5 Å². The molecule has 20 heavy (non-hydrogen) atoms. The summed E-state index contributed by atoms with van der Waals surface area (Å²) in [6.07, 6.45) is 0.684. The lowest BCUT2D eigenvalue weighted by Crippen LogP contribution is -2.50. The summed E-state index contributed by atoms with van der Waals surface area (Å²) in [4.78, 5) is 0.434. The molecule has 0 spiro atoms. The lowest BCUT2D eigenvalue weighted by atomic mass is 9.96. The standard InChI is InChI=1S/C15H23F2NOS/c1-10(2)18-15(4,9-19)8-11(3)20-14-6-5-12(16)7-13(14)17/h5-7,10-11,18-19H,8-9H2,1-4H3. The summed E-state index contributed by atoms with van der Waals surface area (Å²) in [6, 6.07) is 3.87. The fourth-order valence-corrected chi connectivity index (χ4v) is 3.53. The normalized spacial score (nSPS) is 16.2. The third-order valence-electron chi connectivity index (χ3n) is 2.95. The summed E-state index contributed by atoms with van der Waals surface area (Å²) in [5.74, 6) is -1.11. The highest BCUT2D eigenvalue weighted by atomic mass is 32.2. The van der Waals surface area contributed by atoms with Gasteiger partial charge < -0.3 is 10.4 Å². The van der Waals surface area contributed by atoms with Crippen LogP contribution in [0.4, 0.5) is 8.78 Å². The number of aliphatic hydroxyl groups is 1. The van der Waals surface area contributed by atoms with E-state index in [4.69, 9.17) is 0 Å². The lowest BCUT2D eigenvalue weighted by Gasteiger charge is -2.33. The highest BCUT2D eigenvalue weighted by Gasteiger charge is 2.27. The number of aliphatic hydroxyl groups excluding tert-OH is 1. The Morgan fingerprint density at radius 1 is 1.30 bits per heavy atom. The summed E-state index contributed by atoms with van der Waals surface area (Å²) in [6.45, 7) is 7.98. The van der Waals surface area contributed by atoms with E-state index >= 15 is 0 Å². The van der Waals surface area contributed by atoms with Gasteiger partial charge in [0.15, 0.2) is 0 Å². The zero-order valence-corrected chi connectivity index (χ0v) is 13.2. The van der Waals surface area contributed by atoms with E-state index in [9.17, 15) is 13.9 Å². The number of rotatable bonds is 7. The van der Waals surface area contributed by atoms with Crippen molar-refractivity contribution < 1.29 is 13.9 Å². The summed E-state index contributed by atoms with van der Waals surface area (Å²) in [5, 5.41) is 13.0. The second kappa shape index (κ2) is 7.38. The summed E-state index contributed by atoms with van der Waals surface area (Å²) in [5.41, 5.74) is -0.406. The minimum absolute atomic E-state index is 0.0159. The minimum atomic E-state index is -0.568. The van der Waals surface area contributed by atoms with Gasteiger partial charge in [0.05, 0.1) is 6.61 Å². The van der Waals surface area contributed by atoms with Crippen LogP contribution in [0, 0.1) is 11.6 Å². The summed E-state index contributed by atoms with van der Waals surface area (Å²) < 4.78 is 26.5. The molecule has 0 aliphatic heterocycles. The van der Waals surface area contributed by atoms with E-state index in [1.54, 1.807) is 0 Å². The maximum absolute atomic E-state index is 13.6. The summed E-state index contributed by atoms with van der Waals surface area (Å²) >= 11 is 1.36. The fourth-order valence-electron chi connectivity index (χ4n) is 2.33. The quantitative estimate of drug-likeness (QED) is 0.755. The number of benzene rings is 1. The van der Waals surface area contributed by atoms with Gasteiger partial charge in [-0.05, 0) is 25.5 Å². The molecular formula is C15H23F2NOS. The van der Waals surface area contributed by atoms with Crippen molar-refractivity contribution in [2.24, 2.45) is 0 Å². The number of halogens is 2. The van der Waals surface area contributed by atoms with E-state index in [0.717, 1.165) is 6.07 Å². The first-order chi connectivity index (χ1) is 9.25. The van der Waals surface area contributed by atoms with Crippen molar-refractivity contribution in [3.05, 3.63) is 29.8 Å². The molecule has 0 saturated carbocycles. The Labute approximate surface area is 124 Å². The third-order valence-corrected chi connectivity index (χ3v) is 4.10. The van der Waals surface area contributed by atoms with Gasteiger partial charge in [-0.2, -0.15) is 0 Å². The molecule has 0 radical (unpaired) electrons. The van der Waals surface area contributed by atoms with Gasteiger partial charge in [0.25, 0.3) is 0 Å². The first kappa shape index (κ1) is 17.4. The van der Waals surface area contributed by atoms with Crippen LogP contribution in [0.15, 0.2) is 23.1 Å². The highest BCUT2D eigenvalue weighted by molar-refractivity contribution is 8.00. The van der Waals surface area contributed by atoms with Crippen LogP contribution in [0.2, 0.25) is 0 Å². The molecule has 114 valence electrons. The van der Waals surface area contributed by atoms with Gasteiger partial charge in [0.2, 0.25) is 0 Å². The van der Waals surface area contributed by atoms with Crippen LogP contribution in [0.5, 0.6) is 0 Å². The number of nitrogens with one attached hydrogen (secondary N) is 1. The van der Waals surface area contributed by atoms with Crippen LogP contribution < -0.4 is 5.32 Å². The van der Waals surface area contributed by atoms with Crippen LogP contribution in [0.1, 0.15) is 34.1 Å². The number of hydrogen-bond acceptors (Lipinski definition) is 3. The Morgan fingerprint density at radius 3 is 2.45 bits per heavy atom. The largest absolute Gasteiger partial charge is 0.394 e. The van der Waals surface area contributed by atoms with Crippen molar-refractivity contribution in [3.63, 3.8) is 0 Å². The van der Waals surface area contributed by atoms with Gasteiger partial charge in [-0.15, -0.1) is 11.8 Å². The van der Waals surface area contributed by atoms with Gasteiger partial charge >= 0.3 is 0 Å². The smallest absolute Gasteiger partial charge is 0.139 e. The van der Waals surface area contributed by atoms with Gasteiger partial charge in [-0.25, -0.2) is 8.78 Å². The van der Waals surface area contributed by atoms with Crippen molar-refractivity contribution >= 4 is 11.8 Å². The SMILES string of the molecule is CC(C)NC(C)(CO)CC(C)Sc1ccc(F)cc1F. The van der Waals surface area contributed by atoms with E-state index in [0.29, 0.717) is 11.3 Å². The van der Waals surface area contributed by atoms with E-state index in [2.05, 4.69) is 5.32 Å². The third kappa shape index (κ3) is 5.38. The predicted molar refractivity (Wildman–Crippen MR) is 80.1 cm³/mol. The number of hydrogen-bond donors (Lipinski definition) is 2. The van der Waals surface area contributed by atoms with Crippen molar-refractivity contribution in [2.75, 3.05) is 6.61 Å². The Bertz CT molecular complexity index is 442. The highest BCUT2D eigenvalue weighted by Crippen LogP contribution is 2.31. The molecule has 2 N–H and O–H groups in total. The summed E-state index contributed by atoms with van der Waals surface area (Å²) in [7, 11) is 0. The lowest BCUT2D eigenvalue weighted by molar-refractivity contribution is 0.157. The molecule has 0 aliphatic carbocycles. The van der Waals surface area contributed by atoms with Crippen LogP contribution in [-0.2, 0) is 0 Å². The average molecular weight is 303 g/mol. The Morgan fingerprint density at radius 2 is 1.95 bits per heavy atom. The van der Waals surface area contributed by atoms with Gasteiger partial charge in [-0.1, -0.05) is 20.8 Å². The number of thioether (sulfide) groups is 1. The molecule has 1 rings (SSSR count). The zero-order chi connectivity index (χ0) is 15.3. The van der Waals surface area contributed by atoms with E-state index in [-0.39, 0.29) is 17.9 Å².